The predicted octanol–water partition coefficient (Wildman–Crippen LogP) is 19.3. The Hall–Kier alpha value is -9.12. The Bertz CT molecular complexity index is 4540. The van der Waals surface area contributed by atoms with Crippen molar-refractivity contribution >= 4 is 121 Å². The van der Waals surface area contributed by atoms with Crippen LogP contribution in [0.25, 0.3) is 98.1 Å². The van der Waals surface area contributed by atoms with Crippen LogP contribution in [0.2, 0.25) is 0 Å². The monoisotopic (exact) mass is 908 g/mol. The van der Waals surface area contributed by atoms with Crippen LogP contribution in [0.15, 0.2) is 239 Å². The Morgan fingerprint density at radius 1 is 0.282 bits per heavy atom. The average Bonchev–Trinajstić information content (AvgIpc) is 3.98. The van der Waals surface area contributed by atoms with E-state index < -0.39 is 0 Å². The quantitative estimate of drug-likeness (QED) is 0.156. The third-order valence-corrected chi connectivity index (χ3v) is 15.3. The third kappa shape index (κ3) is 6.04. The summed E-state index contributed by atoms with van der Waals surface area (Å²) < 4.78 is 12.6. The molecule has 14 aromatic rings. The lowest BCUT2D eigenvalue weighted by molar-refractivity contribution is 0.645. The standard InChI is InChI=1S/C67H44N2O2/c1-67(2)60-19-11-18-55-56-37-48(68(46-25-22-41-12-3-5-14-43(41)34-46)49-29-32-64-57(38-49)53-16-7-9-20-62(53)70-64)27-24-45(56)36-59(66(55)60)52-31-28-51(40-61(52)67)69(47-26-23-42-13-4-6-15-44(42)35-47)50-30-33-65-58(39-50)54-17-8-10-21-63(54)71-65/h3-40H,1-2H3. The smallest absolute Gasteiger partial charge is 0.135 e. The van der Waals surface area contributed by atoms with E-state index in [2.05, 4.69) is 230 Å². The Labute approximate surface area is 409 Å². The van der Waals surface area contributed by atoms with Crippen molar-refractivity contribution in [2.45, 2.75) is 19.3 Å². The molecule has 0 atom stereocenters. The maximum atomic E-state index is 6.32. The van der Waals surface area contributed by atoms with Gasteiger partial charge in [0.05, 0.1) is 0 Å². The van der Waals surface area contributed by atoms with Gasteiger partial charge in [-0.25, -0.2) is 0 Å². The number of furan rings is 2. The Kier molecular flexibility index (Phi) is 8.38. The zero-order valence-corrected chi connectivity index (χ0v) is 39.2. The van der Waals surface area contributed by atoms with Crippen molar-refractivity contribution in [2.75, 3.05) is 9.80 Å². The highest BCUT2D eigenvalue weighted by Crippen LogP contribution is 2.53. The zero-order chi connectivity index (χ0) is 47.0. The fourth-order valence-electron chi connectivity index (χ4n) is 11.9. The van der Waals surface area contributed by atoms with E-state index in [1.54, 1.807) is 0 Å². The molecule has 0 spiro atoms. The number of nitrogens with zero attached hydrogens (tertiary/aromatic N) is 2. The highest BCUT2D eigenvalue weighted by atomic mass is 16.3. The minimum atomic E-state index is -0.317. The lowest BCUT2D eigenvalue weighted by Gasteiger charge is -2.37. The largest absolute Gasteiger partial charge is 0.456 e. The van der Waals surface area contributed by atoms with Crippen LogP contribution in [0.5, 0.6) is 0 Å². The van der Waals surface area contributed by atoms with Gasteiger partial charge in [-0.05, 0) is 168 Å². The first-order valence-corrected chi connectivity index (χ1v) is 24.5. The molecule has 0 radical (unpaired) electrons. The minimum absolute atomic E-state index is 0.317. The van der Waals surface area contributed by atoms with E-state index >= 15 is 0 Å². The van der Waals surface area contributed by atoms with Gasteiger partial charge in [-0.3, -0.25) is 0 Å². The molecular weight excluding hydrogens is 865 g/mol. The van der Waals surface area contributed by atoms with E-state index in [9.17, 15) is 0 Å². The van der Waals surface area contributed by atoms with E-state index in [1.165, 1.54) is 65.3 Å². The Morgan fingerprint density at radius 2 is 0.718 bits per heavy atom. The molecular formula is C67H44N2O2. The lowest BCUT2D eigenvalue weighted by atomic mass is 9.68. The molecule has 0 unspecified atom stereocenters. The van der Waals surface area contributed by atoms with Gasteiger partial charge in [-0.1, -0.05) is 141 Å². The number of hydrogen-bond acceptors (Lipinski definition) is 4. The molecule has 4 nitrogen and oxygen atoms in total. The van der Waals surface area contributed by atoms with Gasteiger partial charge in [0, 0.05) is 61.1 Å². The molecule has 2 heterocycles. The van der Waals surface area contributed by atoms with Crippen LogP contribution in [-0.2, 0) is 5.41 Å². The predicted molar refractivity (Wildman–Crippen MR) is 298 cm³/mol. The molecule has 2 aromatic heterocycles. The van der Waals surface area contributed by atoms with E-state index in [4.69, 9.17) is 8.83 Å². The summed E-state index contributed by atoms with van der Waals surface area (Å²) in [6.07, 6.45) is 0. The highest BCUT2D eigenvalue weighted by molar-refractivity contribution is 6.18. The van der Waals surface area contributed by atoms with Crippen molar-refractivity contribution in [2.24, 2.45) is 0 Å². The number of hydrogen-bond donors (Lipinski definition) is 0. The molecule has 71 heavy (non-hydrogen) atoms. The van der Waals surface area contributed by atoms with Crippen molar-refractivity contribution in [3.63, 3.8) is 0 Å². The summed E-state index contributed by atoms with van der Waals surface area (Å²) in [7, 11) is 0. The van der Waals surface area contributed by atoms with Gasteiger partial charge in [-0.2, -0.15) is 0 Å². The van der Waals surface area contributed by atoms with Crippen molar-refractivity contribution < 1.29 is 8.83 Å². The van der Waals surface area contributed by atoms with Gasteiger partial charge in [0.25, 0.3) is 0 Å². The van der Waals surface area contributed by atoms with Gasteiger partial charge >= 0.3 is 0 Å². The summed E-state index contributed by atoms with van der Waals surface area (Å²) in [5.41, 5.74) is 15.0. The first-order chi connectivity index (χ1) is 34.9. The molecule has 0 saturated heterocycles. The normalized spacial score (nSPS) is 13.0. The molecule has 334 valence electrons. The highest BCUT2D eigenvalue weighted by Gasteiger charge is 2.35. The molecule has 0 bridgehead atoms. The van der Waals surface area contributed by atoms with Crippen LogP contribution >= 0.6 is 0 Å². The molecule has 0 amide bonds. The third-order valence-electron chi connectivity index (χ3n) is 15.3. The molecule has 1 aliphatic rings. The molecule has 1 aliphatic carbocycles. The Balaban J connectivity index is 0.906. The summed E-state index contributed by atoms with van der Waals surface area (Å²) in [4.78, 5) is 4.81. The van der Waals surface area contributed by atoms with E-state index in [-0.39, 0.29) is 5.41 Å². The van der Waals surface area contributed by atoms with E-state index in [1.807, 2.05) is 24.3 Å². The first kappa shape index (κ1) is 39.8. The molecule has 4 heteroatoms. The van der Waals surface area contributed by atoms with Crippen LogP contribution in [0.4, 0.5) is 34.1 Å². The number of benzene rings is 12. The van der Waals surface area contributed by atoms with Crippen LogP contribution in [0.3, 0.4) is 0 Å². The second kappa shape index (κ2) is 14.9. The summed E-state index contributed by atoms with van der Waals surface area (Å²) in [5.74, 6) is 0. The number of para-hydroxylation sites is 2. The zero-order valence-electron chi connectivity index (χ0n) is 39.2. The van der Waals surface area contributed by atoms with Crippen molar-refractivity contribution in [1.29, 1.82) is 0 Å². The fourth-order valence-corrected chi connectivity index (χ4v) is 11.9. The van der Waals surface area contributed by atoms with Gasteiger partial charge in [-0.15, -0.1) is 0 Å². The summed E-state index contributed by atoms with van der Waals surface area (Å²) in [5, 5.41) is 14.3. The average molecular weight is 909 g/mol. The summed E-state index contributed by atoms with van der Waals surface area (Å²) in [6, 6.07) is 84.1. The summed E-state index contributed by atoms with van der Waals surface area (Å²) in [6.45, 7) is 4.80. The number of rotatable bonds is 6. The van der Waals surface area contributed by atoms with Crippen molar-refractivity contribution in [1.82, 2.24) is 0 Å². The number of fused-ring (bicyclic) bond motifs is 12. The van der Waals surface area contributed by atoms with Crippen LogP contribution in [0, 0.1) is 0 Å². The van der Waals surface area contributed by atoms with Gasteiger partial charge < -0.3 is 18.6 Å². The van der Waals surface area contributed by atoms with E-state index in [0.717, 1.165) is 78.0 Å². The Morgan fingerprint density at radius 3 is 1.31 bits per heavy atom. The first-order valence-electron chi connectivity index (χ1n) is 24.5. The molecule has 0 N–H and O–H groups in total. The van der Waals surface area contributed by atoms with Crippen LogP contribution in [0.1, 0.15) is 25.0 Å². The maximum absolute atomic E-state index is 6.32. The SMILES string of the molecule is CC1(C)c2cc(N(c3ccc4ccccc4c3)c3ccc4oc5ccccc5c4c3)ccc2-c2cc3ccc(N(c4ccc5ccccc5c4)c4ccc5oc6ccccc6c5c4)cc3c3cccc1c23. The molecule has 12 aromatic carbocycles. The molecule has 0 fully saturated rings. The molecule has 0 saturated carbocycles. The second-order valence-corrected chi connectivity index (χ2v) is 19.7. The van der Waals surface area contributed by atoms with Crippen molar-refractivity contribution in [3.8, 4) is 11.1 Å². The molecule has 0 aliphatic heterocycles. The topological polar surface area (TPSA) is 32.8 Å². The fraction of sp³-hybridized carbons (Fsp3) is 0.0448. The maximum Gasteiger partial charge on any atom is 0.135 e. The van der Waals surface area contributed by atoms with Gasteiger partial charge in [0.1, 0.15) is 22.3 Å². The van der Waals surface area contributed by atoms with Gasteiger partial charge in [0.15, 0.2) is 0 Å². The van der Waals surface area contributed by atoms with E-state index in [0.29, 0.717) is 0 Å². The van der Waals surface area contributed by atoms with Crippen LogP contribution in [-0.4, -0.2) is 0 Å². The number of anilines is 6. The van der Waals surface area contributed by atoms with Crippen molar-refractivity contribution in [3.05, 3.63) is 242 Å². The van der Waals surface area contributed by atoms with Crippen LogP contribution < -0.4 is 9.80 Å². The summed E-state index contributed by atoms with van der Waals surface area (Å²) >= 11 is 0. The lowest BCUT2D eigenvalue weighted by Crippen LogP contribution is -2.24. The minimum Gasteiger partial charge on any atom is -0.456 e. The molecule has 15 rings (SSSR count). The second-order valence-electron chi connectivity index (χ2n) is 19.7. The van der Waals surface area contributed by atoms with Gasteiger partial charge in [0.2, 0.25) is 0 Å².